The third kappa shape index (κ3) is 3.95. The van der Waals surface area contributed by atoms with E-state index in [1.54, 1.807) is 0 Å². The van der Waals surface area contributed by atoms with Crippen LogP contribution >= 0.6 is 0 Å². The molecule has 1 atom stereocenters. The van der Waals surface area contributed by atoms with Crippen molar-refractivity contribution in [2.24, 2.45) is 0 Å². The third-order valence-electron chi connectivity index (χ3n) is 4.16. The van der Waals surface area contributed by atoms with Crippen molar-refractivity contribution in [3.05, 3.63) is 0 Å². The Morgan fingerprint density at radius 2 is 1.65 bits per heavy atom. The van der Waals surface area contributed by atoms with Gasteiger partial charge in [0.2, 0.25) is 0 Å². The van der Waals surface area contributed by atoms with Crippen molar-refractivity contribution in [3.8, 4) is 0 Å². The molecule has 2 aliphatic rings. The molecule has 0 radical (unpaired) electrons. The van der Waals surface area contributed by atoms with Gasteiger partial charge >= 0.3 is 0 Å². The van der Waals surface area contributed by atoms with Gasteiger partial charge in [0, 0.05) is 11.6 Å². The van der Waals surface area contributed by atoms with E-state index in [4.69, 9.17) is 0 Å². The molecule has 0 spiro atoms. The highest BCUT2D eigenvalue weighted by Crippen LogP contribution is 2.26. The maximum atomic E-state index is 11.6. The molecule has 1 heterocycles. The van der Waals surface area contributed by atoms with Gasteiger partial charge in [0.25, 0.3) is 0 Å². The van der Waals surface area contributed by atoms with Crippen LogP contribution in [0, 0.1) is 0 Å². The minimum Gasteiger partial charge on any atom is -0.308 e. The highest BCUT2D eigenvalue weighted by molar-refractivity contribution is 7.91. The average molecular weight is 259 g/mol. The Bertz CT molecular complexity index is 344. The smallest absolute Gasteiger partial charge is 0.152 e. The van der Waals surface area contributed by atoms with E-state index in [1.165, 1.54) is 44.9 Å². The standard InChI is InChI=1S/C13H25NO2S/c1-13(9-10-17(15,16)11-13)14-12-7-5-3-2-4-6-8-12/h12,14H,2-11H2,1H3. The molecular weight excluding hydrogens is 234 g/mol. The minimum atomic E-state index is -2.78. The molecule has 0 amide bonds. The van der Waals surface area contributed by atoms with E-state index in [9.17, 15) is 8.42 Å². The van der Waals surface area contributed by atoms with Crippen LogP contribution in [0.15, 0.2) is 0 Å². The van der Waals surface area contributed by atoms with Crippen LogP contribution in [0.1, 0.15) is 58.3 Å². The number of nitrogens with one attached hydrogen (secondary N) is 1. The van der Waals surface area contributed by atoms with Gasteiger partial charge in [-0.15, -0.1) is 0 Å². The summed E-state index contributed by atoms with van der Waals surface area (Å²) in [5.74, 6) is 0.694. The first-order chi connectivity index (χ1) is 7.99. The van der Waals surface area contributed by atoms with E-state index >= 15 is 0 Å². The van der Waals surface area contributed by atoms with Crippen molar-refractivity contribution >= 4 is 9.84 Å². The Labute approximate surface area is 105 Å². The van der Waals surface area contributed by atoms with Gasteiger partial charge in [-0.1, -0.05) is 32.1 Å². The lowest BCUT2D eigenvalue weighted by atomic mass is 9.93. The van der Waals surface area contributed by atoms with E-state index in [0.29, 0.717) is 17.5 Å². The number of hydrogen-bond donors (Lipinski definition) is 1. The van der Waals surface area contributed by atoms with Crippen LogP contribution in [-0.4, -0.2) is 31.5 Å². The quantitative estimate of drug-likeness (QED) is 0.827. The third-order valence-corrected chi connectivity index (χ3v) is 6.06. The van der Waals surface area contributed by atoms with E-state index in [1.807, 2.05) is 0 Å². The number of sulfone groups is 1. The lowest BCUT2D eigenvalue weighted by Crippen LogP contribution is -2.49. The average Bonchev–Trinajstić information content (AvgIpc) is 2.46. The van der Waals surface area contributed by atoms with Crippen LogP contribution in [0.4, 0.5) is 0 Å². The molecule has 1 aliphatic carbocycles. The Morgan fingerprint density at radius 1 is 1.06 bits per heavy atom. The molecule has 1 saturated heterocycles. The van der Waals surface area contributed by atoms with Crippen molar-refractivity contribution in [2.75, 3.05) is 11.5 Å². The molecule has 1 aliphatic heterocycles. The highest BCUT2D eigenvalue weighted by atomic mass is 32.2. The van der Waals surface area contributed by atoms with Crippen LogP contribution in [-0.2, 0) is 9.84 Å². The van der Waals surface area contributed by atoms with Gasteiger partial charge in [0.1, 0.15) is 0 Å². The second-order valence-corrected chi connectivity index (χ2v) is 8.27. The predicted molar refractivity (Wildman–Crippen MR) is 70.9 cm³/mol. The molecule has 1 unspecified atom stereocenters. The molecule has 100 valence electrons. The van der Waals surface area contributed by atoms with Crippen LogP contribution in [0.2, 0.25) is 0 Å². The molecule has 3 nitrogen and oxygen atoms in total. The first-order valence-corrected chi connectivity index (χ1v) is 8.79. The summed E-state index contributed by atoms with van der Waals surface area (Å²) in [4.78, 5) is 0. The zero-order chi connectivity index (χ0) is 12.4. The van der Waals surface area contributed by atoms with Crippen LogP contribution in [0.5, 0.6) is 0 Å². The summed E-state index contributed by atoms with van der Waals surface area (Å²) < 4.78 is 23.1. The Kier molecular flexibility index (Phi) is 4.14. The Hall–Kier alpha value is -0.0900. The zero-order valence-electron chi connectivity index (χ0n) is 10.9. The SMILES string of the molecule is CC1(NC2CCCCCCC2)CCS(=O)(=O)C1. The summed E-state index contributed by atoms with van der Waals surface area (Å²) in [5.41, 5.74) is -0.164. The molecule has 1 saturated carbocycles. The molecule has 0 bridgehead atoms. The summed E-state index contributed by atoms with van der Waals surface area (Å²) >= 11 is 0. The van der Waals surface area contributed by atoms with Gasteiger partial charge in [0.05, 0.1) is 11.5 Å². The van der Waals surface area contributed by atoms with Crippen molar-refractivity contribution in [1.82, 2.24) is 5.32 Å². The molecule has 0 aromatic carbocycles. The second kappa shape index (κ2) is 5.27. The summed E-state index contributed by atoms with van der Waals surface area (Å²) in [6, 6.07) is 0.536. The summed E-state index contributed by atoms with van der Waals surface area (Å²) in [7, 11) is -2.78. The van der Waals surface area contributed by atoms with Crippen LogP contribution in [0.3, 0.4) is 0 Å². The predicted octanol–water partition coefficient (Wildman–Crippen LogP) is 2.27. The molecule has 0 aromatic rings. The van der Waals surface area contributed by atoms with Crippen molar-refractivity contribution in [3.63, 3.8) is 0 Å². The number of hydrogen-bond acceptors (Lipinski definition) is 3. The van der Waals surface area contributed by atoms with Crippen molar-refractivity contribution < 1.29 is 8.42 Å². The first kappa shape index (κ1) is 13.3. The largest absolute Gasteiger partial charge is 0.308 e. The van der Waals surface area contributed by atoms with Crippen LogP contribution in [0.25, 0.3) is 0 Å². The maximum absolute atomic E-state index is 11.6. The molecular formula is C13H25NO2S. The van der Waals surface area contributed by atoms with E-state index in [0.717, 1.165) is 6.42 Å². The van der Waals surface area contributed by atoms with Crippen molar-refractivity contribution in [1.29, 1.82) is 0 Å². The minimum absolute atomic E-state index is 0.164. The monoisotopic (exact) mass is 259 g/mol. The van der Waals surface area contributed by atoms with E-state index in [2.05, 4.69) is 12.2 Å². The zero-order valence-corrected chi connectivity index (χ0v) is 11.7. The van der Waals surface area contributed by atoms with Gasteiger partial charge in [-0.2, -0.15) is 0 Å². The van der Waals surface area contributed by atoms with E-state index in [-0.39, 0.29) is 5.54 Å². The molecule has 4 heteroatoms. The molecule has 2 fully saturated rings. The fourth-order valence-electron chi connectivity index (χ4n) is 3.22. The lowest BCUT2D eigenvalue weighted by molar-refractivity contribution is 0.295. The van der Waals surface area contributed by atoms with Crippen LogP contribution < -0.4 is 5.32 Å². The Morgan fingerprint density at radius 3 is 2.18 bits per heavy atom. The Balaban J connectivity index is 1.90. The molecule has 0 aromatic heterocycles. The molecule has 17 heavy (non-hydrogen) atoms. The normalized spacial score (nSPS) is 35.4. The fourth-order valence-corrected chi connectivity index (χ4v) is 5.32. The van der Waals surface area contributed by atoms with E-state index < -0.39 is 9.84 Å². The fraction of sp³-hybridized carbons (Fsp3) is 1.00. The highest BCUT2D eigenvalue weighted by Gasteiger charge is 2.39. The summed E-state index contributed by atoms with van der Waals surface area (Å²) in [6.45, 7) is 2.08. The summed E-state index contributed by atoms with van der Waals surface area (Å²) in [5, 5.41) is 3.64. The van der Waals surface area contributed by atoms with Gasteiger partial charge in [0.15, 0.2) is 9.84 Å². The lowest BCUT2D eigenvalue weighted by Gasteiger charge is -2.31. The second-order valence-electron chi connectivity index (χ2n) is 6.09. The van der Waals surface area contributed by atoms with Gasteiger partial charge in [-0.3, -0.25) is 0 Å². The molecule has 2 rings (SSSR count). The van der Waals surface area contributed by atoms with Gasteiger partial charge < -0.3 is 5.32 Å². The topological polar surface area (TPSA) is 46.2 Å². The molecule has 1 N–H and O–H groups in total. The van der Waals surface area contributed by atoms with Gasteiger partial charge in [-0.05, 0) is 26.2 Å². The first-order valence-electron chi connectivity index (χ1n) is 6.97. The van der Waals surface area contributed by atoms with Crippen molar-refractivity contribution in [2.45, 2.75) is 69.9 Å². The summed E-state index contributed by atoms with van der Waals surface area (Å²) in [6.07, 6.45) is 9.86. The van der Waals surface area contributed by atoms with Gasteiger partial charge in [-0.25, -0.2) is 8.42 Å². The maximum Gasteiger partial charge on any atom is 0.152 e. The number of rotatable bonds is 2.